The third-order valence-corrected chi connectivity index (χ3v) is 1.58. The summed E-state index contributed by atoms with van der Waals surface area (Å²) in [6.07, 6.45) is 2.31. The maximum atomic E-state index is 11.0. The van der Waals surface area contributed by atoms with E-state index in [1.807, 2.05) is 0 Å². The largest absolute Gasteiger partial charge is 0.355 e. The molecule has 1 N–H and O–H groups in total. The summed E-state index contributed by atoms with van der Waals surface area (Å²) < 4.78 is 0. The van der Waals surface area contributed by atoms with Gasteiger partial charge in [0, 0.05) is 18.7 Å². The predicted molar refractivity (Wildman–Crippen MR) is 44.5 cm³/mol. The lowest BCUT2D eigenvalue weighted by Crippen LogP contribution is -2.40. The highest BCUT2D eigenvalue weighted by molar-refractivity contribution is 6.14. The highest BCUT2D eigenvalue weighted by Gasteiger charge is 2.24. The summed E-state index contributed by atoms with van der Waals surface area (Å²) in [6, 6.07) is 0. The van der Waals surface area contributed by atoms with Gasteiger partial charge in [-0.25, -0.2) is 0 Å². The number of likely N-dealkylation sites (N-methyl/N-ethyl adjacent to an activating group) is 1. The van der Waals surface area contributed by atoms with Crippen LogP contribution in [0.5, 0.6) is 0 Å². The normalized spacial score (nSPS) is 15.3. The van der Waals surface area contributed by atoms with Gasteiger partial charge in [0.25, 0.3) is 11.8 Å². The molecule has 0 aromatic heterocycles. The molecule has 1 heterocycles. The van der Waals surface area contributed by atoms with Crippen LogP contribution in [0.25, 0.3) is 0 Å². The van der Waals surface area contributed by atoms with Crippen LogP contribution in [-0.2, 0) is 14.4 Å². The quantitative estimate of drug-likeness (QED) is 0.572. The van der Waals surface area contributed by atoms with Crippen molar-refractivity contribution in [3.8, 4) is 0 Å². The van der Waals surface area contributed by atoms with E-state index in [0.29, 0.717) is 6.54 Å². The topological polar surface area (TPSA) is 66.5 Å². The second-order valence-corrected chi connectivity index (χ2v) is 2.55. The van der Waals surface area contributed by atoms with E-state index in [1.165, 1.54) is 0 Å². The molecule has 0 saturated carbocycles. The fourth-order valence-corrected chi connectivity index (χ4v) is 0.984. The Hall–Kier alpha value is -1.65. The van der Waals surface area contributed by atoms with E-state index in [4.69, 9.17) is 0 Å². The van der Waals surface area contributed by atoms with Crippen molar-refractivity contribution in [2.24, 2.45) is 0 Å². The van der Waals surface area contributed by atoms with Crippen molar-refractivity contribution < 1.29 is 14.4 Å². The van der Waals surface area contributed by atoms with Crippen molar-refractivity contribution in [1.82, 2.24) is 10.2 Å². The summed E-state index contributed by atoms with van der Waals surface area (Å²) in [5, 5.41) is 2.50. The van der Waals surface area contributed by atoms with Crippen LogP contribution in [0.3, 0.4) is 0 Å². The first-order chi connectivity index (χ1) is 6.15. The van der Waals surface area contributed by atoms with Crippen molar-refractivity contribution in [3.63, 3.8) is 0 Å². The molecule has 3 amide bonds. The molecule has 0 atom stereocenters. The Morgan fingerprint density at radius 3 is 2.38 bits per heavy atom. The van der Waals surface area contributed by atoms with Gasteiger partial charge in [-0.15, -0.1) is 0 Å². The van der Waals surface area contributed by atoms with Crippen LogP contribution in [-0.4, -0.2) is 35.7 Å². The fraction of sp³-hybridized carbons (Fsp3) is 0.375. The predicted octanol–water partition coefficient (Wildman–Crippen LogP) is -0.953. The van der Waals surface area contributed by atoms with Crippen molar-refractivity contribution >= 4 is 17.7 Å². The lowest BCUT2D eigenvalue weighted by molar-refractivity contribution is -0.141. The smallest absolute Gasteiger partial charge is 0.254 e. The zero-order chi connectivity index (χ0) is 9.84. The molecule has 1 rings (SSSR count). The number of nitrogens with zero attached hydrogens (tertiary/aromatic N) is 1. The Kier molecular flexibility index (Phi) is 2.79. The van der Waals surface area contributed by atoms with E-state index in [1.54, 1.807) is 6.92 Å². The minimum Gasteiger partial charge on any atom is -0.355 e. The Morgan fingerprint density at radius 1 is 1.38 bits per heavy atom. The first kappa shape index (κ1) is 9.44. The van der Waals surface area contributed by atoms with E-state index < -0.39 is 11.8 Å². The van der Waals surface area contributed by atoms with Gasteiger partial charge in [0.2, 0.25) is 5.91 Å². The molecular weight excluding hydrogens is 172 g/mol. The maximum Gasteiger partial charge on any atom is 0.254 e. The van der Waals surface area contributed by atoms with Crippen LogP contribution >= 0.6 is 0 Å². The third kappa shape index (κ3) is 2.14. The number of imide groups is 1. The Morgan fingerprint density at radius 2 is 1.92 bits per heavy atom. The lowest BCUT2D eigenvalue weighted by atomic mass is 10.5. The Balaban J connectivity index is 2.50. The van der Waals surface area contributed by atoms with Crippen LogP contribution in [0.1, 0.15) is 6.92 Å². The number of carbonyl (C=O) groups is 3. The molecule has 0 aromatic carbocycles. The van der Waals surface area contributed by atoms with E-state index in [-0.39, 0.29) is 12.5 Å². The van der Waals surface area contributed by atoms with Gasteiger partial charge in [-0.2, -0.15) is 0 Å². The van der Waals surface area contributed by atoms with E-state index in [2.05, 4.69) is 5.32 Å². The minimum atomic E-state index is -0.434. The monoisotopic (exact) mass is 182 g/mol. The number of hydrogen-bond donors (Lipinski definition) is 1. The number of nitrogens with one attached hydrogen (secondary N) is 1. The van der Waals surface area contributed by atoms with Crippen molar-refractivity contribution in [1.29, 1.82) is 0 Å². The minimum absolute atomic E-state index is 0.196. The Bertz CT molecular complexity index is 265. The summed E-state index contributed by atoms with van der Waals surface area (Å²) in [6.45, 7) is 2.06. The van der Waals surface area contributed by atoms with E-state index in [9.17, 15) is 14.4 Å². The van der Waals surface area contributed by atoms with E-state index >= 15 is 0 Å². The average molecular weight is 182 g/mol. The third-order valence-electron chi connectivity index (χ3n) is 1.58. The first-order valence-corrected chi connectivity index (χ1v) is 3.95. The number of carbonyl (C=O) groups excluding carboxylic acids is 3. The molecule has 0 aromatic rings. The summed E-state index contributed by atoms with van der Waals surface area (Å²) in [5.41, 5.74) is 0. The summed E-state index contributed by atoms with van der Waals surface area (Å²) in [7, 11) is 0. The van der Waals surface area contributed by atoms with Gasteiger partial charge in [0.1, 0.15) is 6.54 Å². The van der Waals surface area contributed by atoms with Crippen LogP contribution < -0.4 is 5.32 Å². The van der Waals surface area contributed by atoms with Crippen molar-refractivity contribution in [2.45, 2.75) is 6.92 Å². The molecule has 0 aliphatic carbocycles. The van der Waals surface area contributed by atoms with Gasteiger partial charge in [-0.05, 0) is 6.92 Å². The summed E-state index contributed by atoms with van der Waals surface area (Å²) in [5.74, 6) is -1.19. The summed E-state index contributed by atoms with van der Waals surface area (Å²) in [4.78, 5) is 33.8. The molecule has 0 fully saturated rings. The van der Waals surface area contributed by atoms with E-state index in [0.717, 1.165) is 17.1 Å². The standard InChI is InChI=1S/C8H10N2O3/c1-2-9-6(11)5-10-7(12)3-4-8(10)13/h3-4H,2,5H2,1H3,(H,9,11). The van der Waals surface area contributed by atoms with Crippen LogP contribution in [0.4, 0.5) is 0 Å². The van der Waals surface area contributed by atoms with Crippen LogP contribution in [0.2, 0.25) is 0 Å². The zero-order valence-electron chi connectivity index (χ0n) is 7.24. The van der Waals surface area contributed by atoms with Gasteiger partial charge in [0.15, 0.2) is 0 Å². The highest BCUT2D eigenvalue weighted by Crippen LogP contribution is 2.01. The zero-order valence-corrected chi connectivity index (χ0v) is 7.24. The van der Waals surface area contributed by atoms with Gasteiger partial charge in [-0.1, -0.05) is 0 Å². The van der Waals surface area contributed by atoms with Gasteiger partial charge in [0.05, 0.1) is 0 Å². The van der Waals surface area contributed by atoms with Gasteiger partial charge >= 0.3 is 0 Å². The molecule has 1 aliphatic heterocycles. The molecule has 70 valence electrons. The first-order valence-electron chi connectivity index (χ1n) is 3.95. The van der Waals surface area contributed by atoms with Crippen molar-refractivity contribution in [3.05, 3.63) is 12.2 Å². The molecule has 0 unspecified atom stereocenters. The van der Waals surface area contributed by atoms with Crippen LogP contribution in [0.15, 0.2) is 12.2 Å². The second-order valence-electron chi connectivity index (χ2n) is 2.55. The number of rotatable bonds is 3. The number of hydrogen-bond acceptors (Lipinski definition) is 3. The Labute approximate surface area is 75.4 Å². The molecule has 0 bridgehead atoms. The molecule has 0 radical (unpaired) electrons. The maximum absolute atomic E-state index is 11.0. The van der Waals surface area contributed by atoms with Gasteiger partial charge in [-0.3, -0.25) is 19.3 Å². The van der Waals surface area contributed by atoms with Crippen LogP contribution in [0, 0.1) is 0 Å². The molecule has 0 spiro atoms. The molecule has 13 heavy (non-hydrogen) atoms. The lowest BCUT2D eigenvalue weighted by Gasteiger charge is -2.12. The van der Waals surface area contributed by atoms with Gasteiger partial charge < -0.3 is 5.32 Å². The van der Waals surface area contributed by atoms with Crippen molar-refractivity contribution in [2.75, 3.05) is 13.1 Å². The molecule has 5 heteroatoms. The summed E-state index contributed by atoms with van der Waals surface area (Å²) >= 11 is 0. The average Bonchev–Trinajstić information content (AvgIpc) is 2.36. The highest BCUT2D eigenvalue weighted by atomic mass is 16.2. The molecule has 0 saturated heterocycles. The molecular formula is C8H10N2O3. The fourth-order valence-electron chi connectivity index (χ4n) is 0.984. The molecule has 5 nitrogen and oxygen atoms in total. The SMILES string of the molecule is CCNC(=O)CN1C(=O)C=CC1=O. The number of amides is 3. The molecule has 1 aliphatic rings. The second kappa shape index (κ2) is 3.84.